The average Bonchev–Trinajstić information content (AvgIpc) is 2.44. The van der Waals surface area contributed by atoms with Gasteiger partial charge in [0, 0.05) is 16.1 Å². The van der Waals surface area contributed by atoms with Gasteiger partial charge < -0.3 is 5.11 Å². The lowest BCUT2D eigenvalue weighted by molar-refractivity contribution is 0.0701. The number of rotatable bonds is 1. The number of pyridine rings is 1. The minimum Gasteiger partial charge on any atom is -0.477 e. The molecule has 2 aromatic heterocycles. The number of aryl methyl sites for hydroxylation is 1. The van der Waals surface area contributed by atoms with Gasteiger partial charge in [0.25, 0.3) is 0 Å². The summed E-state index contributed by atoms with van der Waals surface area (Å²) in [4.78, 5) is 16.1. The molecule has 0 bridgehead atoms. The van der Waals surface area contributed by atoms with E-state index in [4.69, 9.17) is 5.11 Å². The van der Waals surface area contributed by atoms with Gasteiger partial charge in [-0.05, 0) is 34.5 Å². The molecule has 0 saturated heterocycles. The number of aromatic nitrogens is 1. The highest BCUT2D eigenvalue weighted by Gasteiger charge is 2.14. The molecule has 0 unspecified atom stereocenters. The molecule has 0 atom stereocenters. The Bertz CT molecular complexity index is 521. The lowest BCUT2D eigenvalue weighted by atomic mass is 10.2. The summed E-state index contributed by atoms with van der Waals surface area (Å²) >= 11 is 4.52. The minimum absolute atomic E-state index is 0.366. The maximum Gasteiger partial charge on any atom is 0.346 e. The van der Waals surface area contributed by atoms with Crippen LogP contribution < -0.4 is 0 Å². The molecule has 14 heavy (non-hydrogen) atoms. The first-order valence-electron chi connectivity index (χ1n) is 3.87. The fourth-order valence-corrected chi connectivity index (χ4v) is 2.58. The van der Waals surface area contributed by atoms with Gasteiger partial charge in [-0.15, -0.1) is 11.3 Å². The van der Waals surface area contributed by atoms with E-state index in [1.54, 1.807) is 13.1 Å². The van der Waals surface area contributed by atoms with Crippen molar-refractivity contribution in [1.29, 1.82) is 0 Å². The molecule has 0 aliphatic heterocycles. The summed E-state index contributed by atoms with van der Waals surface area (Å²) in [5, 5.41) is 9.81. The number of nitrogens with zero attached hydrogens (tertiary/aromatic N) is 1. The highest BCUT2D eigenvalue weighted by atomic mass is 79.9. The van der Waals surface area contributed by atoms with E-state index in [2.05, 4.69) is 20.9 Å². The zero-order chi connectivity index (χ0) is 10.3. The smallest absolute Gasteiger partial charge is 0.346 e. The van der Waals surface area contributed by atoms with Crippen LogP contribution in [-0.2, 0) is 0 Å². The third kappa shape index (κ3) is 1.42. The quantitative estimate of drug-likeness (QED) is 0.867. The van der Waals surface area contributed by atoms with Crippen LogP contribution in [0.4, 0.5) is 0 Å². The summed E-state index contributed by atoms with van der Waals surface area (Å²) in [6.45, 7) is 1.80. The van der Waals surface area contributed by atoms with Gasteiger partial charge in [-0.1, -0.05) is 0 Å². The normalized spacial score (nSPS) is 10.7. The second-order valence-corrected chi connectivity index (χ2v) is 4.78. The fourth-order valence-electron chi connectivity index (χ4n) is 1.28. The molecule has 0 aromatic carbocycles. The number of hydrogen-bond acceptors (Lipinski definition) is 3. The Labute approximate surface area is 92.5 Å². The molecule has 3 nitrogen and oxygen atoms in total. The fraction of sp³-hybridized carbons (Fsp3) is 0.111. The van der Waals surface area contributed by atoms with Crippen molar-refractivity contribution in [3.8, 4) is 0 Å². The van der Waals surface area contributed by atoms with Gasteiger partial charge in [0.15, 0.2) is 0 Å². The first kappa shape index (κ1) is 9.61. The second-order valence-electron chi connectivity index (χ2n) is 2.87. The molecule has 0 spiro atoms. The van der Waals surface area contributed by atoms with E-state index in [0.29, 0.717) is 4.88 Å². The summed E-state index contributed by atoms with van der Waals surface area (Å²) in [7, 11) is 0. The minimum atomic E-state index is -0.887. The predicted octanol–water partition coefficient (Wildman–Crippen LogP) is 3.07. The molecule has 0 saturated carbocycles. The number of aromatic carboxylic acids is 1. The van der Waals surface area contributed by atoms with Gasteiger partial charge in [-0.3, -0.25) is 0 Å². The van der Waals surface area contributed by atoms with E-state index in [1.165, 1.54) is 11.3 Å². The lowest BCUT2D eigenvalue weighted by Crippen LogP contribution is -1.93. The van der Waals surface area contributed by atoms with Crippen molar-refractivity contribution >= 4 is 43.5 Å². The Hall–Kier alpha value is -0.940. The topological polar surface area (TPSA) is 50.2 Å². The van der Waals surface area contributed by atoms with Crippen LogP contribution in [0.3, 0.4) is 0 Å². The van der Waals surface area contributed by atoms with Gasteiger partial charge in [-0.2, -0.15) is 0 Å². The Balaban J connectivity index is 2.80. The van der Waals surface area contributed by atoms with Crippen molar-refractivity contribution in [2.45, 2.75) is 6.92 Å². The molecule has 2 aromatic rings. The van der Waals surface area contributed by atoms with Crippen LogP contribution >= 0.6 is 27.3 Å². The van der Waals surface area contributed by atoms with E-state index in [9.17, 15) is 4.79 Å². The van der Waals surface area contributed by atoms with Gasteiger partial charge in [0.1, 0.15) is 9.71 Å². The van der Waals surface area contributed by atoms with E-state index < -0.39 is 5.97 Å². The molecule has 1 N–H and O–H groups in total. The Morgan fingerprint density at radius 2 is 2.36 bits per heavy atom. The van der Waals surface area contributed by atoms with Crippen LogP contribution in [0.25, 0.3) is 10.2 Å². The summed E-state index contributed by atoms with van der Waals surface area (Å²) in [6.07, 6.45) is 1.67. The number of thiophene rings is 1. The Morgan fingerprint density at radius 1 is 1.64 bits per heavy atom. The van der Waals surface area contributed by atoms with Gasteiger partial charge in [0.2, 0.25) is 0 Å². The molecule has 0 aliphatic rings. The zero-order valence-electron chi connectivity index (χ0n) is 7.24. The van der Waals surface area contributed by atoms with E-state index >= 15 is 0 Å². The van der Waals surface area contributed by atoms with Crippen LogP contribution in [0.1, 0.15) is 15.2 Å². The van der Waals surface area contributed by atoms with Crippen molar-refractivity contribution in [2.24, 2.45) is 0 Å². The predicted molar refractivity (Wildman–Crippen MR) is 59.0 cm³/mol. The number of fused-ring (bicyclic) bond motifs is 1. The molecular weight excluding hydrogens is 266 g/mol. The molecule has 2 rings (SSSR count). The third-order valence-corrected chi connectivity index (χ3v) is 3.59. The van der Waals surface area contributed by atoms with Crippen LogP contribution in [0.15, 0.2) is 16.7 Å². The van der Waals surface area contributed by atoms with Crippen LogP contribution in [0.5, 0.6) is 0 Å². The summed E-state index contributed by atoms with van der Waals surface area (Å²) < 4.78 is 0.864. The monoisotopic (exact) mass is 271 g/mol. The molecule has 0 fully saturated rings. The number of carbonyl (C=O) groups is 1. The number of carboxylic acid groups (broad SMARTS) is 1. The zero-order valence-corrected chi connectivity index (χ0v) is 9.65. The maximum absolute atomic E-state index is 10.8. The highest BCUT2D eigenvalue weighted by molar-refractivity contribution is 9.10. The lowest BCUT2D eigenvalue weighted by Gasteiger charge is -1.92. The van der Waals surface area contributed by atoms with Crippen molar-refractivity contribution in [1.82, 2.24) is 4.98 Å². The van der Waals surface area contributed by atoms with Crippen molar-refractivity contribution in [3.05, 3.63) is 27.2 Å². The van der Waals surface area contributed by atoms with E-state index in [-0.39, 0.29) is 0 Å². The first-order chi connectivity index (χ1) is 6.59. The van der Waals surface area contributed by atoms with E-state index in [1.807, 2.05) is 6.07 Å². The molecule has 72 valence electrons. The Kier molecular flexibility index (Phi) is 2.28. The van der Waals surface area contributed by atoms with Gasteiger partial charge in [-0.25, -0.2) is 9.78 Å². The molecule has 0 amide bonds. The third-order valence-electron chi connectivity index (χ3n) is 1.96. The highest BCUT2D eigenvalue weighted by Crippen LogP contribution is 2.30. The standard InChI is InChI=1S/C9H6BrNO2S/c1-4-6-2-5(10)3-11-8(6)14-7(4)9(12)13/h2-3H,1H3,(H,12,13). The summed E-state index contributed by atoms with van der Waals surface area (Å²) in [5.41, 5.74) is 0.784. The maximum atomic E-state index is 10.8. The Morgan fingerprint density at radius 3 is 3.00 bits per heavy atom. The van der Waals surface area contributed by atoms with Crippen molar-refractivity contribution in [3.63, 3.8) is 0 Å². The largest absolute Gasteiger partial charge is 0.477 e. The molecular formula is C9H6BrNO2S. The second kappa shape index (κ2) is 3.33. The molecule has 5 heteroatoms. The summed E-state index contributed by atoms with van der Waals surface area (Å²) in [6, 6.07) is 1.89. The van der Waals surface area contributed by atoms with Gasteiger partial charge in [0.05, 0.1) is 0 Å². The molecule has 0 aliphatic carbocycles. The first-order valence-corrected chi connectivity index (χ1v) is 5.48. The van der Waals surface area contributed by atoms with Crippen molar-refractivity contribution < 1.29 is 9.90 Å². The number of carboxylic acids is 1. The average molecular weight is 272 g/mol. The molecule has 2 heterocycles. The number of halogens is 1. The van der Waals surface area contributed by atoms with E-state index in [0.717, 1.165) is 20.3 Å². The molecule has 0 radical (unpaired) electrons. The van der Waals surface area contributed by atoms with Crippen LogP contribution in [0, 0.1) is 6.92 Å². The van der Waals surface area contributed by atoms with Crippen LogP contribution in [0.2, 0.25) is 0 Å². The van der Waals surface area contributed by atoms with Crippen molar-refractivity contribution in [2.75, 3.05) is 0 Å². The summed E-state index contributed by atoms with van der Waals surface area (Å²) in [5.74, 6) is -0.887. The van der Waals surface area contributed by atoms with Gasteiger partial charge >= 0.3 is 5.97 Å². The van der Waals surface area contributed by atoms with Crippen LogP contribution in [-0.4, -0.2) is 16.1 Å². The number of hydrogen-bond donors (Lipinski definition) is 1. The SMILES string of the molecule is Cc1c(C(=O)O)sc2ncc(Br)cc12.